The van der Waals surface area contributed by atoms with Crippen molar-refractivity contribution < 1.29 is 13.9 Å². The summed E-state index contributed by atoms with van der Waals surface area (Å²) >= 11 is 6.00. The van der Waals surface area contributed by atoms with Crippen molar-refractivity contribution in [3.8, 4) is 5.75 Å². The first-order chi connectivity index (χ1) is 13.0. The lowest BCUT2D eigenvalue weighted by atomic mass is 10.1. The minimum absolute atomic E-state index is 0. The zero-order valence-corrected chi connectivity index (χ0v) is 18.5. The van der Waals surface area contributed by atoms with E-state index >= 15 is 0 Å². The van der Waals surface area contributed by atoms with Crippen LogP contribution in [0, 0.1) is 5.82 Å². The number of halogens is 4. The lowest BCUT2D eigenvalue weighted by molar-refractivity contribution is 0.0950. The molecule has 2 aromatic rings. The van der Waals surface area contributed by atoms with Gasteiger partial charge in [0.15, 0.2) is 0 Å². The summed E-state index contributed by atoms with van der Waals surface area (Å²) in [5.41, 5.74) is 1.24. The van der Waals surface area contributed by atoms with Crippen LogP contribution in [0.1, 0.15) is 28.8 Å². The van der Waals surface area contributed by atoms with Crippen LogP contribution in [-0.2, 0) is 6.42 Å². The Kier molecular flexibility index (Phi) is 10.7. The topological polar surface area (TPSA) is 54.5 Å². The predicted molar refractivity (Wildman–Crippen MR) is 117 cm³/mol. The fourth-order valence-corrected chi connectivity index (χ4v) is 3.30. The third-order valence-corrected chi connectivity index (χ3v) is 4.99. The molecule has 9 heteroatoms. The number of aromatic nitrogens is 1. The second-order valence-electron chi connectivity index (χ2n) is 6.77. The third-order valence-electron chi connectivity index (χ3n) is 4.64. The molecule has 0 bridgehead atoms. The van der Waals surface area contributed by atoms with E-state index in [2.05, 4.69) is 22.2 Å². The van der Waals surface area contributed by atoms with E-state index < -0.39 is 0 Å². The molecule has 160 valence electrons. The Morgan fingerprint density at radius 3 is 2.69 bits per heavy atom. The summed E-state index contributed by atoms with van der Waals surface area (Å²) in [5, 5.41) is 3.19. The number of likely N-dealkylation sites (tertiary alicyclic amines) is 1. The summed E-state index contributed by atoms with van der Waals surface area (Å²) in [6, 6.07) is 5.97. The number of piperidine rings is 1. The number of carbonyl (C=O) groups is 1. The largest absolute Gasteiger partial charge is 0.489 e. The van der Waals surface area contributed by atoms with Crippen LogP contribution in [0.15, 0.2) is 36.7 Å². The van der Waals surface area contributed by atoms with Crippen LogP contribution >= 0.6 is 36.4 Å². The Balaban J connectivity index is 0.00000210. The molecule has 3 rings (SSSR count). The molecule has 0 atom stereocenters. The number of pyridine rings is 1. The molecule has 1 N–H and O–H groups in total. The van der Waals surface area contributed by atoms with Gasteiger partial charge in [0.2, 0.25) is 0 Å². The van der Waals surface area contributed by atoms with Gasteiger partial charge in [-0.25, -0.2) is 4.39 Å². The van der Waals surface area contributed by atoms with Gasteiger partial charge in [0.25, 0.3) is 5.91 Å². The maximum absolute atomic E-state index is 13.1. The summed E-state index contributed by atoms with van der Waals surface area (Å²) in [6.45, 7) is 2.40. The highest BCUT2D eigenvalue weighted by atomic mass is 35.5. The zero-order valence-electron chi connectivity index (χ0n) is 16.1. The fourth-order valence-electron chi connectivity index (χ4n) is 3.04. The van der Waals surface area contributed by atoms with Crippen molar-refractivity contribution in [2.45, 2.75) is 25.4 Å². The van der Waals surface area contributed by atoms with E-state index in [9.17, 15) is 9.18 Å². The van der Waals surface area contributed by atoms with E-state index in [4.69, 9.17) is 16.3 Å². The summed E-state index contributed by atoms with van der Waals surface area (Å²) < 4.78 is 19.0. The summed E-state index contributed by atoms with van der Waals surface area (Å²) in [4.78, 5) is 18.7. The highest BCUT2D eigenvalue weighted by Gasteiger charge is 2.18. The average Bonchev–Trinajstić information content (AvgIpc) is 2.65. The van der Waals surface area contributed by atoms with Crippen molar-refractivity contribution in [2.75, 3.05) is 26.7 Å². The number of benzene rings is 1. The first-order valence-electron chi connectivity index (χ1n) is 9.03. The van der Waals surface area contributed by atoms with Crippen molar-refractivity contribution in [1.29, 1.82) is 0 Å². The second-order valence-corrected chi connectivity index (χ2v) is 7.18. The van der Waals surface area contributed by atoms with Crippen LogP contribution in [0.25, 0.3) is 0 Å². The number of hydrogen-bond acceptors (Lipinski definition) is 4. The first-order valence-corrected chi connectivity index (χ1v) is 9.41. The summed E-state index contributed by atoms with van der Waals surface area (Å²) in [5.74, 6) is 0.00799. The highest BCUT2D eigenvalue weighted by Crippen LogP contribution is 2.19. The minimum Gasteiger partial charge on any atom is -0.489 e. The molecule has 1 aromatic heterocycles. The summed E-state index contributed by atoms with van der Waals surface area (Å²) in [7, 11) is 2.10. The molecule has 2 heterocycles. The Bertz CT molecular complexity index is 802. The van der Waals surface area contributed by atoms with Crippen LogP contribution in [0.3, 0.4) is 0 Å². The van der Waals surface area contributed by atoms with Crippen molar-refractivity contribution in [2.24, 2.45) is 0 Å². The monoisotopic (exact) mass is 463 g/mol. The van der Waals surface area contributed by atoms with Gasteiger partial charge in [-0.15, -0.1) is 24.8 Å². The maximum atomic E-state index is 13.1. The van der Waals surface area contributed by atoms with Gasteiger partial charge in [-0.2, -0.15) is 0 Å². The standard InChI is InChI=1S/C20H23ClFN3O2.2ClH/c1-25-8-5-17(6-9-25)27-18-10-15(12-23-13-18)20(26)24-7-4-14-2-3-16(22)11-19(14)21;;/h2-3,10-13,17H,4-9H2,1H3,(H,24,26);2*1H. The molecule has 0 unspecified atom stereocenters. The van der Waals surface area contributed by atoms with Gasteiger partial charge in [-0.1, -0.05) is 17.7 Å². The average molecular weight is 465 g/mol. The second kappa shape index (κ2) is 12.2. The van der Waals surface area contributed by atoms with Crippen molar-refractivity contribution in [3.05, 3.63) is 58.6 Å². The lowest BCUT2D eigenvalue weighted by Crippen LogP contribution is -2.35. The molecule has 0 radical (unpaired) electrons. The van der Waals surface area contributed by atoms with Gasteiger partial charge < -0.3 is 15.0 Å². The van der Waals surface area contributed by atoms with Gasteiger partial charge in [0, 0.05) is 30.9 Å². The quantitative estimate of drug-likeness (QED) is 0.697. The maximum Gasteiger partial charge on any atom is 0.252 e. The van der Waals surface area contributed by atoms with Gasteiger partial charge >= 0.3 is 0 Å². The SMILES string of the molecule is CN1CCC(Oc2cncc(C(=O)NCCc3ccc(F)cc3Cl)c2)CC1.Cl.Cl. The molecule has 0 spiro atoms. The van der Waals surface area contributed by atoms with Crippen molar-refractivity contribution >= 4 is 42.3 Å². The molecule has 5 nitrogen and oxygen atoms in total. The van der Waals surface area contributed by atoms with Gasteiger partial charge in [-0.3, -0.25) is 9.78 Å². The van der Waals surface area contributed by atoms with Crippen LogP contribution in [0.4, 0.5) is 4.39 Å². The molecule has 1 saturated heterocycles. The molecule has 1 aromatic carbocycles. The van der Waals surface area contributed by atoms with Crippen LogP contribution < -0.4 is 10.1 Å². The molecule has 1 amide bonds. The predicted octanol–water partition coefficient (Wildman–Crippen LogP) is 4.16. The summed E-state index contributed by atoms with van der Waals surface area (Å²) in [6.07, 6.45) is 5.75. The number of ether oxygens (including phenoxy) is 1. The van der Waals surface area contributed by atoms with Crippen molar-refractivity contribution in [3.63, 3.8) is 0 Å². The molecule has 29 heavy (non-hydrogen) atoms. The third kappa shape index (κ3) is 7.63. The number of nitrogens with one attached hydrogen (secondary N) is 1. The van der Waals surface area contributed by atoms with Gasteiger partial charge in [0.05, 0.1) is 11.8 Å². The van der Waals surface area contributed by atoms with E-state index in [0.717, 1.165) is 31.5 Å². The van der Waals surface area contributed by atoms with E-state index in [-0.39, 0.29) is 42.6 Å². The number of rotatable bonds is 6. The van der Waals surface area contributed by atoms with Crippen LogP contribution in [-0.4, -0.2) is 48.6 Å². The molecular formula is C20H25Cl3FN3O2. The van der Waals surface area contributed by atoms with Gasteiger partial charge in [-0.05, 0) is 50.1 Å². The lowest BCUT2D eigenvalue weighted by Gasteiger charge is -2.29. The number of nitrogens with zero attached hydrogens (tertiary/aromatic N) is 2. The minimum atomic E-state index is -0.375. The van der Waals surface area contributed by atoms with Gasteiger partial charge in [0.1, 0.15) is 17.7 Å². The Hall–Kier alpha value is -1.60. The Morgan fingerprint density at radius 2 is 2.00 bits per heavy atom. The van der Waals surface area contributed by atoms with Crippen LogP contribution in [0.2, 0.25) is 5.02 Å². The molecular weight excluding hydrogens is 440 g/mol. The zero-order chi connectivity index (χ0) is 19.2. The highest BCUT2D eigenvalue weighted by molar-refractivity contribution is 6.31. The molecule has 0 saturated carbocycles. The van der Waals surface area contributed by atoms with Crippen molar-refractivity contribution in [1.82, 2.24) is 15.2 Å². The Morgan fingerprint density at radius 1 is 1.28 bits per heavy atom. The molecule has 1 aliphatic rings. The van der Waals surface area contributed by atoms with Crippen LogP contribution in [0.5, 0.6) is 5.75 Å². The molecule has 1 aliphatic heterocycles. The van der Waals surface area contributed by atoms with E-state index in [1.54, 1.807) is 18.3 Å². The molecule has 1 fully saturated rings. The first kappa shape index (κ1) is 25.4. The number of amides is 1. The molecule has 0 aliphatic carbocycles. The van der Waals surface area contributed by atoms with E-state index in [0.29, 0.717) is 29.3 Å². The van der Waals surface area contributed by atoms with E-state index in [1.165, 1.54) is 18.3 Å². The number of carbonyl (C=O) groups excluding carboxylic acids is 1. The smallest absolute Gasteiger partial charge is 0.252 e. The normalized spacial score (nSPS) is 14.4. The number of hydrogen-bond donors (Lipinski definition) is 1. The fraction of sp³-hybridized carbons (Fsp3) is 0.400. The van der Waals surface area contributed by atoms with E-state index in [1.807, 2.05) is 0 Å². The Labute approximate surface area is 187 Å².